The number of carbonyl (C=O) groups is 1. The molecule has 0 N–H and O–H groups in total. The van der Waals surface area contributed by atoms with Crippen LogP contribution in [-0.4, -0.2) is 34.5 Å². The zero-order chi connectivity index (χ0) is 26.4. The van der Waals surface area contributed by atoms with Crippen LogP contribution >= 0.6 is 0 Å². The molecule has 0 saturated heterocycles. The van der Waals surface area contributed by atoms with Crippen molar-refractivity contribution in [1.29, 1.82) is 0 Å². The largest absolute Gasteiger partial charge is 0.492 e. The van der Waals surface area contributed by atoms with Gasteiger partial charge in [-0.3, -0.25) is 4.79 Å². The Kier molecular flexibility index (Phi) is 6.10. The Hall–Kier alpha value is -4.20. The molecule has 1 aliphatic carbocycles. The highest BCUT2D eigenvalue weighted by Gasteiger charge is 2.32. The van der Waals surface area contributed by atoms with Gasteiger partial charge in [0.2, 0.25) is 0 Å². The fourth-order valence-corrected chi connectivity index (χ4v) is 5.81. The summed E-state index contributed by atoms with van der Waals surface area (Å²) in [6.07, 6.45) is 4.46. The maximum atomic E-state index is 15.2. The Morgan fingerprint density at radius 2 is 1.97 bits per heavy atom. The van der Waals surface area contributed by atoms with Crippen LogP contribution in [0, 0.1) is 19.7 Å². The lowest BCUT2D eigenvalue weighted by atomic mass is 9.90. The van der Waals surface area contributed by atoms with Crippen LogP contribution in [0.3, 0.4) is 0 Å². The highest BCUT2D eigenvalue weighted by molar-refractivity contribution is 5.77. The summed E-state index contributed by atoms with van der Waals surface area (Å²) in [7, 11) is 1.39. The molecule has 0 bridgehead atoms. The first-order valence-corrected chi connectivity index (χ1v) is 12.7. The lowest BCUT2D eigenvalue weighted by Crippen LogP contribution is -2.09. The Morgan fingerprint density at radius 1 is 1.16 bits per heavy atom. The van der Waals surface area contributed by atoms with Crippen LogP contribution in [-0.2, 0) is 16.0 Å². The third kappa shape index (κ3) is 4.20. The molecule has 194 valence electrons. The maximum absolute atomic E-state index is 15.2. The van der Waals surface area contributed by atoms with Gasteiger partial charge in [0.1, 0.15) is 36.1 Å². The predicted molar refractivity (Wildman–Crippen MR) is 139 cm³/mol. The summed E-state index contributed by atoms with van der Waals surface area (Å²) in [4.78, 5) is 15.8. The van der Waals surface area contributed by atoms with Crippen molar-refractivity contribution in [3.05, 3.63) is 88.8 Å². The lowest BCUT2D eigenvalue weighted by molar-refractivity contribution is -0.141. The van der Waals surface area contributed by atoms with Crippen molar-refractivity contribution in [3.63, 3.8) is 0 Å². The first kappa shape index (κ1) is 24.2. The molecule has 6 rings (SSSR count). The number of ether oxygens (including phenoxy) is 3. The van der Waals surface area contributed by atoms with Crippen molar-refractivity contribution in [3.8, 4) is 28.3 Å². The van der Waals surface area contributed by atoms with Gasteiger partial charge < -0.3 is 14.2 Å². The second-order valence-corrected chi connectivity index (χ2v) is 9.91. The molecule has 0 fully saturated rings. The van der Waals surface area contributed by atoms with E-state index in [2.05, 4.69) is 36.1 Å². The van der Waals surface area contributed by atoms with Gasteiger partial charge in [-0.25, -0.2) is 14.1 Å². The number of rotatable bonds is 6. The van der Waals surface area contributed by atoms with Crippen molar-refractivity contribution >= 4 is 5.97 Å². The van der Waals surface area contributed by atoms with Gasteiger partial charge in [0.05, 0.1) is 25.8 Å². The second kappa shape index (κ2) is 9.59. The minimum Gasteiger partial charge on any atom is -0.492 e. The van der Waals surface area contributed by atoms with E-state index in [9.17, 15) is 4.79 Å². The highest BCUT2D eigenvalue weighted by atomic mass is 19.1. The summed E-state index contributed by atoms with van der Waals surface area (Å²) in [5, 5.41) is 4.24. The first-order valence-electron chi connectivity index (χ1n) is 12.7. The molecule has 0 radical (unpaired) electrons. The van der Waals surface area contributed by atoms with E-state index in [1.165, 1.54) is 13.4 Å². The lowest BCUT2D eigenvalue weighted by Gasteiger charge is -2.19. The van der Waals surface area contributed by atoms with Crippen molar-refractivity contribution in [2.45, 2.75) is 45.1 Å². The van der Waals surface area contributed by atoms with Crippen molar-refractivity contribution in [2.24, 2.45) is 0 Å². The fraction of sp³-hybridized carbons (Fsp3) is 0.300. The van der Waals surface area contributed by atoms with E-state index in [1.54, 1.807) is 17.1 Å². The molecule has 38 heavy (non-hydrogen) atoms. The standard InChI is InChI=1S/C30H28FN3O4/c1-17-10-20(34-16-32-15-33-34)11-18(2)29(17)23-6-8-25(31)30-24(23)7-9-26(30)38-21-4-5-22-19(12-28(35)36-3)14-37-27(22)13-21/h4-6,8,10-11,13,15-16,19,26H,7,9,12,14H2,1-3H3/t19-,26-/m1/s1. The molecular weight excluding hydrogens is 485 g/mol. The Labute approximate surface area is 220 Å². The molecule has 4 aromatic rings. The molecule has 0 spiro atoms. The highest BCUT2D eigenvalue weighted by Crippen LogP contribution is 2.45. The number of aromatic nitrogens is 3. The van der Waals surface area contributed by atoms with Gasteiger partial charge in [0.15, 0.2) is 0 Å². The van der Waals surface area contributed by atoms with Gasteiger partial charge in [0.25, 0.3) is 0 Å². The third-order valence-corrected chi connectivity index (χ3v) is 7.54. The van der Waals surface area contributed by atoms with E-state index in [1.807, 2.05) is 24.3 Å². The molecule has 7 nitrogen and oxygen atoms in total. The van der Waals surface area contributed by atoms with Crippen LogP contribution in [0.25, 0.3) is 16.8 Å². The molecular formula is C30H28FN3O4. The van der Waals surface area contributed by atoms with Gasteiger partial charge in [-0.2, -0.15) is 5.10 Å². The number of hydrogen-bond acceptors (Lipinski definition) is 6. The van der Waals surface area contributed by atoms with Crippen LogP contribution < -0.4 is 9.47 Å². The molecule has 8 heteroatoms. The van der Waals surface area contributed by atoms with Crippen LogP contribution in [0.5, 0.6) is 11.5 Å². The summed E-state index contributed by atoms with van der Waals surface area (Å²) >= 11 is 0. The van der Waals surface area contributed by atoms with E-state index >= 15 is 4.39 Å². The number of halogens is 1. The summed E-state index contributed by atoms with van der Waals surface area (Å²) < 4.78 is 33.9. The number of methoxy groups -OCH3 is 1. The van der Waals surface area contributed by atoms with Gasteiger partial charge in [-0.1, -0.05) is 12.1 Å². The second-order valence-electron chi connectivity index (χ2n) is 9.91. The minimum atomic E-state index is -0.398. The van der Waals surface area contributed by atoms with Crippen molar-refractivity contribution in [2.75, 3.05) is 13.7 Å². The van der Waals surface area contributed by atoms with E-state index in [4.69, 9.17) is 14.2 Å². The molecule has 1 aliphatic heterocycles. The average molecular weight is 514 g/mol. The average Bonchev–Trinajstić information content (AvgIpc) is 3.66. The van der Waals surface area contributed by atoms with E-state index in [0.717, 1.165) is 45.5 Å². The molecule has 2 aliphatic rings. The molecule has 3 aromatic carbocycles. The number of nitrogens with zero attached hydrogens (tertiary/aromatic N) is 3. The Bertz CT molecular complexity index is 1510. The number of fused-ring (bicyclic) bond motifs is 2. The maximum Gasteiger partial charge on any atom is 0.306 e. The van der Waals surface area contributed by atoms with Crippen LogP contribution in [0.1, 0.15) is 52.7 Å². The van der Waals surface area contributed by atoms with Crippen LogP contribution in [0.15, 0.2) is 55.1 Å². The fourth-order valence-electron chi connectivity index (χ4n) is 5.81. The number of benzene rings is 3. The molecule has 2 heterocycles. The van der Waals surface area contributed by atoms with Gasteiger partial charge >= 0.3 is 5.97 Å². The molecule has 2 atom stereocenters. The zero-order valence-corrected chi connectivity index (χ0v) is 21.5. The first-order chi connectivity index (χ1) is 18.4. The monoisotopic (exact) mass is 513 g/mol. The molecule has 0 unspecified atom stereocenters. The molecule has 1 aromatic heterocycles. The Balaban J connectivity index is 1.29. The third-order valence-electron chi connectivity index (χ3n) is 7.54. The zero-order valence-electron chi connectivity index (χ0n) is 21.5. The van der Waals surface area contributed by atoms with E-state index in [-0.39, 0.29) is 24.1 Å². The van der Waals surface area contributed by atoms with Gasteiger partial charge in [-0.15, -0.1) is 0 Å². The van der Waals surface area contributed by atoms with E-state index < -0.39 is 6.10 Å². The number of esters is 1. The normalized spacial score (nSPS) is 17.6. The Morgan fingerprint density at radius 3 is 2.71 bits per heavy atom. The van der Waals surface area contributed by atoms with Crippen LogP contribution in [0.4, 0.5) is 4.39 Å². The van der Waals surface area contributed by atoms with Crippen LogP contribution in [0.2, 0.25) is 0 Å². The smallest absolute Gasteiger partial charge is 0.306 e. The summed E-state index contributed by atoms with van der Waals surface area (Å²) in [6.45, 7) is 4.56. The summed E-state index contributed by atoms with van der Waals surface area (Å²) in [6, 6.07) is 13.2. The molecule has 0 saturated carbocycles. The number of hydrogen-bond donors (Lipinski definition) is 0. The SMILES string of the molecule is COC(=O)C[C@@H]1COc2cc(O[C@@H]3CCc4c(-c5c(C)cc(-n6cncn6)cc5C)ccc(F)c43)ccc21. The topological polar surface area (TPSA) is 75.5 Å². The van der Waals surface area contributed by atoms with Gasteiger partial charge in [0, 0.05) is 23.1 Å². The predicted octanol–water partition coefficient (Wildman–Crippen LogP) is 5.80. The summed E-state index contributed by atoms with van der Waals surface area (Å²) in [5.74, 6) is 0.758. The van der Waals surface area contributed by atoms with Gasteiger partial charge in [-0.05, 0) is 78.8 Å². The molecule has 0 amide bonds. The van der Waals surface area contributed by atoms with Crippen molar-refractivity contribution in [1.82, 2.24) is 14.8 Å². The van der Waals surface area contributed by atoms with E-state index in [0.29, 0.717) is 30.1 Å². The minimum absolute atomic E-state index is 0.0406. The number of carbonyl (C=O) groups excluding carboxylic acids is 1. The van der Waals surface area contributed by atoms with Crippen molar-refractivity contribution < 1.29 is 23.4 Å². The number of aryl methyl sites for hydroxylation is 2. The quantitative estimate of drug-likeness (QED) is 0.304. The summed E-state index contributed by atoms with van der Waals surface area (Å²) in [5.41, 5.74) is 7.83.